The molecule has 11 nitrogen and oxygen atoms in total. The summed E-state index contributed by atoms with van der Waals surface area (Å²) < 4.78 is 0. The first-order chi connectivity index (χ1) is 22.0. The zero-order valence-corrected chi connectivity index (χ0v) is 25.9. The molecule has 3 aromatic carbocycles. The molecule has 4 unspecified atom stereocenters. The first kappa shape index (κ1) is 33.7. The highest BCUT2D eigenvalue weighted by molar-refractivity contribution is 5.95. The molecule has 1 heterocycles. The number of carbonyl (C=O) groups is 4. The number of H-pyrrole nitrogens is 1. The van der Waals surface area contributed by atoms with Crippen molar-refractivity contribution in [3.63, 3.8) is 0 Å². The molecule has 0 aliphatic rings. The number of nitrogens with two attached hydrogens (primary N) is 1. The van der Waals surface area contributed by atoms with Crippen molar-refractivity contribution in [1.29, 1.82) is 0 Å². The van der Waals surface area contributed by atoms with E-state index in [-0.39, 0.29) is 37.4 Å². The maximum Gasteiger partial charge on any atom is 0.326 e. The number of amides is 3. The molecule has 0 fully saturated rings. The number of carboxylic acids is 1. The summed E-state index contributed by atoms with van der Waals surface area (Å²) in [6.45, 7) is 3.76. The van der Waals surface area contributed by atoms with Crippen molar-refractivity contribution in [2.45, 2.75) is 63.7 Å². The summed E-state index contributed by atoms with van der Waals surface area (Å²) in [6, 6.07) is 18.6. The lowest BCUT2D eigenvalue weighted by Gasteiger charge is -2.26. The molecule has 242 valence electrons. The van der Waals surface area contributed by atoms with Crippen molar-refractivity contribution in [2.75, 3.05) is 0 Å². The van der Waals surface area contributed by atoms with Crippen LogP contribution in [0.3, 0.4) is 0 Å². The zero-order chi connectivity index (χ0) is 33.2. The van der Waals surface area contributed by atoms with Crippen LogP contribution in [0, 0.1) is 5.92 Å². The molecule has 0 radical (unpaired) electrons. The molecule has 46 heavy (non-hydrogen) atoms. The average Bonchev–Trinajstić information content (AvgIpc) is 3.43. The van der Waals surface area contributed by atoms with E-state index in [1.807, 2.05) is 68.4 Å². The van der Waals surface area contributed by atoms with Crippen molar-refractivity contribution >= 4 is 34.6 Å². The predicted octanol–water partition coefficient (Wildman–Crippen LogP) is 2.81. The summed E-state index contributed by atoms with van der Waals surface area (Å²) in [5.41, 5.74) is 9.38. The van der Waals surface area contributed by atoms with Gasteiger partial charge in [-0.3, -0.25) is 14.4 Å². The van der Waals surface area contributed by atoms with E-state index in [2.05, 4.69) is 20.9 Å². The fourth-order valence-corrected chi connectivity index (χ4v) is 5.28. The van der Waals surface area contributed by atoms with E-state index in [4.69, 9.17) is 5.73 Å². The number of aliphatic carboxylic acids is 1. The number of nitrogens with one attached hydrogen (secondary N) is 4. The van der Waals surface area contributed by atoms with Crippen molar-refractivity contribution < 1.29 is 29.4 Å². The molecule has 1 aromatic heterocycles. The molecule has 4 rings (SSSR count). The molecule has 11 heteroatoms. The van der Waals surface area contributed by atoms with Crippen LogP contribution in [0.1, 0.15) is 37.0 Å². The van der Waals surface area contributed by atoms with Crippen molar-refractivity contribution in [2.24, 2.45) is 11.7 Å². The Morgan fingerprint density at radius 2 is 1.30 bits per heavy atom. The van der Waals surface area contributed by atoms with Crippen LogP contribution in [-0.2, 0) is 38.4 Å². The number of carboxylic acid groups (broad SMARTS) is 1. The molecule has 3 amide bonds. The van der Waals surface area contributed by atoms with Gasteiger partial charge in [-0.05, 0) is 53.6 Å². The first-order valence-corrected chi connectivity index (χ1v) is 15.3. The van der Waals surface area contributed by atoms with Gasteiger partial charge in [0.1, 0.15) is 23.9 Å². The number of hydrogen-bond acceptors (Lipinski definition) is 6. The second-order valence-corrected chi connectivity index (χ2v) is 11.9. The molecule has 8 N–H and O–H groups in total. The number of hydrogen-bond donors (Lipinski definition) is 7. The Morgan fingerprint density at radius 1 is 0.717 bits per heavy atom. The Morgan fingerprint density at radius 3 is 1.98 bits per heavy atom. The molecular weight excluding hydrogens is 586 g/mol. The number of aromatic nitrogens is 1. The van der Waals surface area contributed by atoms with E-state index < -0.39 is 47.9 Å². The number of phenols is 1. The van der Waals surface area contributed by atoms with Gasteiger partial charge < -0.3 is 36.9 Å². The minimum absolute atomic E-state index is 0.0255. The molecule has 0 spiro atoms. The lowest BCUT2D eigenvalue weighted by atomic mass is 9.99. The third-order valence-corrected chi connectivity index (χ3v) is 7.70. The molecule has 0 aliphatic heterocycles. The fraction of sp³-hybridized carbons (Fsp3) is 0.314. The van der Waals surface area contributed by atoms with Gasteiger partial charge in [-0.25, -0.2) is 4.79 Å². The molecule has 0 saturated heterocycles. The Bertz CT molecular complexity index is 1640. The maximum absolute atomic E-state index is 13.9. The third-order valence-electron chi connectivity index (χ3n) is 7.70. The number of phenolic OH excluding ortho intramolecular Hbond substituents is 1. The highest BCUT2D eigenvalue weighted by Crippen LogP contribution is 2.20. The van der Waals surface area contributed by atoms with Gasteiger partial charge in [0.2, 0.25) is 17.7 Å². The number of benzene rings is 3. The van der Waals surface area contributed by atoms with Crippen LogP contribution >= 0.6 is 0 Å². The predicted molar refractivity (Wildman–Crippen MR) is 175 cm³/mol. The molecule has 4 atom stereocenters. The lowest BCUT2D eigenvalue weighted by molar-refractivity contribution is -0.142. The Labute approximate surface area is 267 Å². The highest BCUT2D eigenvalue weighted by atomic mass is 16.4. The molecule has 0 aliphatic carbocycles. The molecular formula is C35H41N5O6. The number of aromatic amines is 1. The first-order valence-electron chi connectivity index (χ1n) is 15.3. The van der Waals surface area contributed by atoms with Crippen LogP contribution in [0.5, 0.6) is 5.75 Å². The summed E-state index contributed by atoms with van der Waals surface area (Å²) in [4.78, 5) is 55.9. The molecule has 0 bridgehead atoms. The third kappa shape index (κ3) is 9.42. The van der Waals surface area contributed by atoms with Crippen LogP contribution in [0.25, 0.3) is 10.9 Å². The Kier molecular flexibility index (Phi) is 11.5. The van der Waals surface area contributed by atoms with Gasteiger partial charge in [0.25, 0.3) is 0 Å². The minimum atomic E-state index is -1.28. The van der Waals surface area contributed by atoms with Gasteiger partial charge in [0.05, 0.1) is 6.04 Å². The second kappa shape index (κ2) is 15.7. The maximum atomic E-state index is 13.9. The topological polar surface area (TPSA) is 187 Å². The monoisotopic (exact) mass is 627 g/mol. The van der Waals surface area contributed by atoms with Crippen LogP contribution in [0.4, 0.5) is 0 Å². The molecule has 0 saturated carbocycles. The fourth-order valence-electron chi connectivity index (χ4n) is 5.28. The summed E-state index contributed by atoms with van der Waals surface area (Å²) >= 11 is 0. The summed E-state index contributed by atoms with van der Waals surface area (Å²) in [7, 11) is 0. The molecule has 4 aromatic rings. The van der Waals surface area contributed by atoms with Crippen LogP contribution in [-0.4, -0.2) is 63.1 Å². The minimum Gasteiger partial charge on any atom is -0.508 e. The van der Waals surface area contributed by atoms with E-state index >= 15 is 0 Å². The lowest BCUT2D eigenvalue weighted by Crippen LogP contribution is -2.58. The normalized spacial score (nSPS) is 13.8. The van der Waals surface area contributed by atoms with Crippen molar-refractivity contribution in [3.05, 3.63) is 102 Å². The largest absolute Gasteiger partial charge is 0.508 e. The van der Waals surface area contributed by atoms with Gasteiger partial charge in [-0.15, -0.1) is 0 Å². The van der Waals surface area contributed by atoms with E-state index in [1.54, 1.807) is 18.3 Å². The Balaban J connectivity index is 1.53. The second-order valence-electron chi connectivity index (χ2n) is 11.9. The van der Waals surface area contributed by atoms with Crippen LogP contribution in [0.15, 0.2) is 85.1 Å². The highest BCUT2D eigenvalue weighted by Gasteiger charge is 2.31. The van der Waals surface area contributed by atoms with Gasteiger partial charge >= 0.3 is 5.97 Å². The number of carbonyl (C=O) groups excluding carboxylic acids is 3. The standard InChI is InChI=1S/C35H41N5O6/c1-21(2)16-29(33(43)40-31(35(45)46)18-23-12-14-25(41)15-13-23)39-34(44)30(19-24-20-37-28-11-7-6-10-26(24)28)38-32(42)27(36)17-22-8-4-3-5-9-22/h3-15,20-21,27,29-31,37,41H,16-19,36H2,1-2H3,(H,38,42)(H,39,44)(H,40,43)(H,45,46). The van der Waals surface area contributed by atoms with E-state index in [0.717, 1.165) is 22.0 Å². The summed E-state index contributed by atoms with van der Waals surface area (Å²) in [5.74, 6) is -3.02. The number of para-hydroxylation sites is 1. The average molecular weight is 628 g/mol. The van der Waals surface area contributed by atoms with Crippen molar-refractivity contribution in [3.8, 4) is 5.75 Å². The summed E-state index contributed by atoms with van der Waals surface area (Å²) in [6.07, 6.45) is 2.37. The summed E-state index contributed by atoms with van der Waals surface area (Å²) in [5, 5.41) is 28.4. The Hall–Kier alpha value is -5.16. The number of aromatic hydroxyl groups is 1. The van der Waals surface area contributed by atoms with E-state index in [0.29, 0.717) is 5.56 Å². The van der Waals surface area contributed by atoms with Gasteiger partial charge in [0.15, 0.2) is 0 Å². The van der Waals surface area contributed by atoms with E-state index in [1.165, 1.54) is 12.1 Å². The van der Waals surface area contributed by atoms with E-state index in [9.17, 15) is 29.4 Å². The smallest absolute Gasteiger partial charge is 0.326 e. The number of fused-ring (bicyclic) bond motifs is 1. The van der Waals surface area contributed by atoms with Gasteiger partial charge in [-0.2, -0.15) is 0 Å². The van der Waals surface area contributed by atoms with Gasteiger partial charge in [0, 0.05) is 29.9 Å². The van der Waals surface area contributed by atoms with Crippen LogP contribution < -0.4 is 21.7 Å². The number of rotatable bonds is 15. The van der Waals surface area contributed by atoms with Gasteiger partial charge in [-0.1, -0.05) is 74.5 Å². The zero-order valence-electron chi connectivity index (χ0n) is 25.9. The van der Waals surface area contributed by atoms with Crippen molar-refractivity contribution in [1.82, 2.24) is 20.9 Å². The quantitative estimate of drug-likeness (QED) is 0.106. The SMILES string of the molecule is CC(C)CC(NC(=O)C(Cc1c[nH]c2ccccc12)NC(=O)C(N)Cc1ccccc1)C(=O)NC(Cc1ccc(O)cc1)C(=O)O. The van der Waals surface area contributed by atoms with Crippen LogP contribution in [0.2, 0.25) is 0 Å².